The van der Waals surface area contributed by atoms with Crippen LogP contribution in [0.1, 0.15) is 37.7 Å². The van der Waals surface area contributed by atoms with E-state index in [9.17, 15) is 0 Å². The maximum absolute atomic E-state index is 6.03. The van der Waals surface area contributed by atoms with Crippen molar-refractivity contribution < 1.29 is 4.74 Å². The van der Waals surface area contributed by atoms with Crippen molar-refractivity contribution in [3.8, 4) is 17.4 Å². The van der Waals surface area contributed by atoms with Crippen LogP contribution in [-0.4, -0.2) is 26.2 Å². The molecule has 0 amide bonds. The number of benzene rings is 2. The molecule has 4 bridgehead atoms. The van der Waals surface area contributed by atoms with E-state index in [2.05, 4.69) is 33.0 Å². The van der Waals surface area contributed by atoms with Gasteiger partial charge in [0.1, 0.15) is 5.75 Å². The lowest BCUT2D eigenvalue weighted by molar-refractivity contribution is -0.0142. The van der Waals surface area contributed by atoms with E-state index in [0.717, 1.165) is 41.7 Å². The molecule has 30 heavy (non-hydrogen) atoms. The van der Waals surface area contributed by atoms with Crippen molar-refractivity contribution in [3.63, 3.8) is 0 Å². The van der Waals surface area contributed by atoms with E-state index in [0.29, 0.717) is 12.1 Å². The zero-order valence-corrected chi connectivity index (χ0v) is 17.0. The van der Waals surface area contributed by atoms with Crippen molar-refractivity contribution in [2.24, 2.45) is 23.7 Å². The van der Waals surface area contributed by atoms with Crippen LogP contribution in [0.4, 0.5) is 0 Å². The molecule has 0 aliphatic heterocycles. The van der Waals surface area contributed by atoms with E-state index in [1.165, 1.54) is 37.7 Å². The minimum Gasteiger partial charge on any atom is -0.423 e. The lowest BCUT2D eigenvalue weighted by Gasteiger charge is -2.54. The second-order valence-electron chi connectivity index (χ2n) is 9.30. The maximum Gasteiger partial charge on any atom is 0.345 e. The third-order valence-electron chi connectivity index (χ3n) is 7.32. The first kappa shape index (κ1) is 18.1. The quantitative estimate of drug-likeness (QED) is 0.664. The smallest absolute Gasteiger partial charge is 0.345 e. The van der Waals surface area contributed by atoms with Gasteiger partial charge in [-0.15, -0.1) is 0 Å². The van der Waals surface area contributed by atoms with Gasteiger partial charge in [0.25, 0.3) is 0 Å². The van der Waals surface area contributed by atoms with Gasteiger partial charge >= 0.3 is 6.01 Å². The number of tetrazole rings is 1. The first-order chi connectivity index (χ1) is 14.8. The van der Waals surface area contributed by atoms with E-state index in [1.54, 1.807) is 4.68 Å². The number of para-hydroxylation sites is 1. The largest absolute Gasteiger partial charge is 0.423 e. The lowest BCUT2D eigenvalue weighted by atomic mass is 9.54. The number of rotatable bonds is 6. The summed E-state index contributed by atoms with van der Waals surface area (Å²) >= 11 is 0. The predicted molar refractivity (Wildman–Crippen MR) is 113 cm³/mol. The molecule has 3 aromatic rings. The predicted octanol–water partition coefficient (Wildman–Crippen LogP) is 4.37. The lowest BCUT2D eigenvalue weighted by Crippen LogP contribution is -2.54. The molecule has 6 heteroatoms. The van der Waals surface area contributed by atoms with Crippen LogP contribution in [0.2, 0.25) is 0 Å². The SMILES string of the molecule is c1ccc(-n2nnnc2Oc2cccc(CNC3C4CC5CC(C4)CC3C5)c2)cc1. The van der Waals surface area contributed by atoms with Gasteiger partial charge in [0.05, 0.1) is 5.69 Å². The number of hydrogen-bond acceptors (Lipinski definition) is 5. The summed E-state index contributed by atoms with van der Waals surface area (Å²) in [5, 5.41) is 15.8. The van der Waals surface area contributed by atoms with Crippen LogP contribution < -0.4 is 10.1 Å². The van der Waals surface area contributed by atoms with Crippen molar-refractivity contribution >= 4 is 0 Å². The van der Waals surface area contributed by atoms with Gasteiger partial charge in [0, 0.05) is 12.6 Å². The summed E-state index contributed by atoms with van der Waals surface area (Å²) < 4.78 is 7.64. The van der Waals surface area contributed by atoms with Crippen molar-refractivity contribution in [2.75, 3.05) is 0 Å². The Kier molecular flexibility index (Phi) is 4.52. The normalized spacial score (nSPS) is 29.3. The zero-order valence-electron chi connectivity index (χ0n) is 17.0. The van der Waals surface area contributed by atoms with Crippen LogP contribution in [0.25, 0.3) is 5.69 Å². The molecule has 0 atom stereocenters. The molecule has 4 aliphatic carbocycles. The molecule has 2 aromatic carbocycles. The van der Waals surface area contributed by atoms with Crippen molar-refractivity contribution in [1.82, 2.24) is 25.5 Å². The van der Waals surface area contributed by atoms with Crippen LogP contribution in [-0.2, 0) is 6.54 Å². The Morgan fingerprint density at radius 2 is 1.67 bits per heavy atom. The highest BCUT2D eigenvalue weighted by atomic mass is 16.5. The third kappa shape index (κ3) is 3.39. The number of nitrogens with one attached hydrogen (secondary N) is 1. The minimum absolute atomic E-state index is 0.368. The molecule has 4 fully saturated rings. The number of aromatic nitrogens is 4. The molecule has 1 aromatic heterocycles. The Balaban J connectivity index is 1.14. The van der Waals surface area contributed by atoms with Gasteiger partial charge in [-0.3, -0.25) is 0 Å². The van der Waals surface area contributed by atoms with E-state index in [1.807, 2.05) is 42.5 Å². The Bertz CT molecular complexity index is 989. The number of nitrogens with zero attached hydrogens (tertiary/aromatic N) is 4. The molecular weight excluding hydrogens is 374 g/mol. The average molecular weight is 402 g/mol. The summed E-state index contributed by atoms with van der Waals surface area (Å²) in [6, 6.07) is 19.1. The Morgan fingerprint density at radius 1 is 0.900 bits per heavy atom. The van der Waals surface area contributed by atoms with Crippen LogP contribution in [0.5, 0.6) is 11.8 Å². The highest BCUT2D eigenvalue weighted by Gasteiger charge is 2.47. The second-order valence-corrected chi connectivity index (χ2v) is 9.30. The van der Waals surface area contributed by atoms with E-state index in [-0.39, 0.29) is 0 Å². The summed E-state index contributed by atoms with van der Waals surface area (Å²) in [6.45, 7) is 0.883. The molecule has 0 spiro atoms. The van der Waals surface area contributed by atoms with Gasteiger partial charge in [-0.2, -0.15) is 4.68 Å². The fourth-order valence-electron chi connectivity index (χ4n) is 6.29. The van der Waals surface area contributed by atoms with E-state index < -0.39 is 0 Å². The molecule has 4 aliphatic rings. The molecule has 0 radical (unpaired) electrons. The molecule has 0 saturated heterocycles. The molecule has 0 unspecified atom stereocenters. The van der Waals surface area contributed by atoms with Gasteiger partial charge in [0.2, 0.25) is 0 Å². The maximum atomic E-state index is 6.03. The molecule has 4 saturated carbocycles. The molecule has 154 valence electrons. The van der Waals surface area contributed by atoms with Gasteiger partial charge < -0.3 is 10.1 Å². The first-order valence-electron chi connectivity index (χ1n) is 11.2. The standard InChI is InChI=1S/C24H27N5O/c1-2-6-21(7-3-1)29-24(26-27-28-29)30-22-8-4-5-16(14-22)15-25-23-19-10-17-9-18(12-19)13-20(23)11-17/h1-8,14,17-20,23,25H,9-13,15H2. The molecule has 6 nitrogen and oxygen atoms in total. The Morgan fingerprint density at radius 3 is 2.43 bits per heavy atom. The molecule has 1 N–H and O–H groups in total. The van der Waals surface area contributed by atoms with Crippen LogP contribution >= 0.6 is 0 Å². The zero-order chi connectivity index (χ0) is 19.9. The number of hydrogen-bond donors (Lipinski definition) is 1. The molecule has 7 rings (SSSR count). The monoisotopic (exact) mass is 401 g/mol. The summed E-state index contributed by atoms with van der Waals surface area (Å²) in [4.78, 5) is 0. The van der Waals surface area contributed by atoms with E-state index >= 15 is 0 Å². The average Bonchev–Trinajstić information content (AvgIpc) is 3.22. The van der Waals surface area contributed by atoms with Crippen molar-refractivity contribution in [2.45, 2.75) is 44.7 Å². The van der Waals surface area contributed by atoms with Crippen LogP contribution in [0.3, 0.4) is 0 Å². The van der Waals surface area contributed by atoms with Gasteiger partial charge in [0.15, 0.2) is 0 Å². The number of ether oxygens (including phenoxy) is 1. The summed E-state index contributed by atoms with van der Waals surface area (Å²) in [5.41, 5.74) is 2.11. The van der Waals surface area contributed by atoms with Crippen molar-refractivity contribution in [3.05, 3.63) is 60.2 Å². The molecule has 1 heterocycles. The van der Waals surface area contributed by atoms with Gasteiger partial charge in [-0.05, 0) is 96.0 Å². The highest BCUT2D eigenvalue weighted by Crippen LogP contribution is 2.53. The summed E-state index contributed by atoms with van der Waals surface area (Å²) in [7, 11) is 0. The fourth-order valence-corrected chi connectivity index (χ4v) is 6.29. The second kappa shape index (κ2) is 7.51. The first-order valence-corrected chi connectivity index (χ1v) is 11.2. The highest BCUT2D eigenvalue weighted by molar-refractivity contribution is 5.34. The van der Waals surface area contributed by atoms with Crippen LogP contribution in [0, 0.1) is 23.7 Å². The van der Waals surface area contributed by atoms with Crippen LogP contribution in [0.15, 0.2) is 54.6 Å². The summed E-state index contributed by atoms with van der Waals surface area (Å²) in [6.07, 6.45) is 7.26. The Hall–Kier alpha value is -2.73. The van der Waals surface area contributed by atoms with Gasteiger partial charge in [-0.1, -0.05) is 35.4 Å². The topological polar surface area (TPSA) is 64.9 Å². The van der Waals surface area contributed by atoms with E-state index in [4.69, 9.17) is 4.74 Å². The fraction of sp³-hybridized carbons (Fsp3) is 0.458. The minimum atomic E-state index is 0.368. The third-order valence-corrected chi connectivity index (χ3v) is 7.32. The Labute approximate surface area is 176 Å². The summed E-state index contributed by atoms with van der Waals surface area (Å²) in [5.74, 6) is 4.55. The molecular formula is C24H27N5O. The van der Waals surface area contributed by atoms with Crippen molar-refractivity contribution in [1.29, 1.82) is 0 Å². The van der Waals surface area contributed by atoms with Gasteiger partial charge in [-0.25, -0.2) is 0 Å².